The Morgan fingerprint density at radius 2 is 0.261 bits per heavy atom. The molecule has 0 rings (SSSR count). The summed E-state index contributed by atoms with van der Waals surface area (Å²) in [5.41, 5.74) is 0. The topological polar surface area (TPSA) is 602 Å². The van der Waals surface area contributed by atoms with Crippen molar-refractivity contribution < 1.29 is 410 Å². The van der Waals surface area contributed by atoms with Crippen LogP contribution in [-0.4, -0.2) is 81.9 Å². The second-order valence-corrected chi connectivity index (χ2v) is 16.5. The minimum absolute atomic E-state index is 0. The van der Waals surface area contributed by atoms with Crippen molar-refractivity contribution in [1.29, 1.82) is 0 Å². The molecule has 30 nitrogen and oxygen atoms in total. The van der Waals surface area contributed by atoms with Gasteiger partial charge in [-0.3, -0.25) is 0 Å². The molecule has 0 spiro atoms. The molecule has 46 heteroatoms. The summed E-state index contributed by atoms with van der Waals surface area (Å²) >= 11 is -43.2. The molecule has 0 amide bonds. The average Bonchev–Trinajstić information content (AvgIpc) is 2.47. The molecule has 6 radical (unpaired) electrons. The molecule has 0 heterocycles. The molecule has 0 aliphatic heterocycles. The van der Waals surface area contributed by atoms with Gasteiger partial charge in [0.05, 0.1) is 0 Å². The summed E-state index contributed by atoms with van der Waals surface area (Å²) in [6, 6.07) is 0. The van der Waals surface area contributed by atoms with Crippen molar-refractivity contribution in [2.24, 2.45) is 0 Å². The van der Waals surface area contributed by atoms with Crippen LogP contribution in [0.3, 0.4) is 0 Å². The van der Waals surface area contributed by atoms with Crippen LogP contribution in [-0.2, 0) is 254 Å². The Hall–Kier alpha value is 10.9. The van der Waals surface area contributed by atoms with Gasteiger partial charge in [-0.15, -0.1) is 0 Å². The fraction of sp³-hybridized carbons (Fsp3) is 0. The van der Waals surface area contributed by atoms with E-state index in [0.717, 1.165) is 0 Å². The van der Waals surface area contributed by atoms with E-state index in [9.17, 15) is 0 Å². The van der Waals surface area contributed by atoms with Gasteiger partial charge in [0.25, 0.3) is 0 Å². The Morgan fingerprint density at radius 1 is 0.261 bits per heavy atom. The number of rotatable bonds is 0. The third kappa shape index (κ3) is 1350. The van der Waals surface area contributed by atoms with Crippen LogP contribution in [0.25, 0.3) is 0 Å². The molecular formula is La3O30Pb3Ta5Zr5. The minimum Gasteiger partial charge on any atom is 2.00 e. The summed E-state index contributed by atoms with van der Waals surface area (Å²) in [4.78, 5) is 0. The first kappa shape index (κ1) is 106. The number of hydrogen-bond acceptors (Lipinski definition) is 30. The van der Waals surface area contributed by atoms with Gasteiger partial charge in [-0.1, -0.05) is 0 Å². The third-order valence-corrected chi connectivity index (χ3v) is 0. The van der Waals surface area contributed by atoms with E-state index in [0.29, 0.717) is 0 Å². The Labute approximate surface area is 478 Å². The second-order valence-electron chi connectivity index (χ2n) is 2.37. The first-order valence-electron chi connectivity index (χ1n) is 5.80. The van der Waals surface area contributed by atoms with Gasteiger partial charge < -0.3 is 0 Å². The van der Waals surface area contributed by atoms with Gasteiger partial charge in [-0.2, -0.15) is 0 Å². The molecule has 0 aliphatic carbocycles. The van der Waals surface area contributed by atoms with E-state index in [1.54, 1.807) is 0 Å². The predicted molar refractivity (Wildman–Crippen MR) is 27.6 cm³/mol. The first-order valence-corrected chi connectivity index (χ1v) is 40.5. The molecule has 0 unspecified atom stereocenters. The van der Waals surface area contributed by atoms with E-state index in [-0.39, 0.29) is 189 Å². The summed E-state index contributed by atoms with van der Waals surface area (Å²) < 4.78 is 259. The van der Waals surface area contributed by atoms with E-state index in [1.165, 1.54) is 0 Å². The van der Waals surface area contributed by atoms with E-state index in [2.05, 4.69) is 0 Å². The van der Waals surface area contributed by atoms with Crippen LogP contribution in [0.1, 0.15) is 0 Å². The van der Waals surface area contributed by atoms with Crippen molar-refractivity contribution in [1.82, 2.24) is 0 Å². The minimum atomic E-state index is -4.34. The molecule has 0 aliphatic rings. The van der Waals surface area contributed by atoms with Crippen LogP contribution < -0.4 is 49.9 Å². The van der Waals surface area contributed by atoms with Gasteiger partial charge in [-0.25, -0.2) is 0 Å². The van der Waals surface area contributed by atoms with Crippen molar-refractivity contribution in [2.45, 2.75) is 0 Å². The second kappa shape index (κ2) is 101. The van der Waals surface area contributed by atoms with E-state index >= 15 is 0 Å². The molecule has 0 atom stereocenters. The molecule has 0 aromatic carbocycles. The van der Waals surface area contributed by atoms with Crippen LogP contribution in [0.2, 0.25) is 0 Å². The molecule has 46 heavy (non-hydrogen) atoms. The van der Waals surface area contributed by atoms with Crippen molar-refractivity contribution in [3.63, 3.8) is 0 Å². The summed E-state index contributed by atoms with van der Waals surface area (Å²) in [5, 5.41) is 0. The monoisotopic (exact) mass is 2870 g/mol. The average molecular weight is 2880 g/mol. The van der Waals surface area contributed by atoms with Gasteiger partial charge >= 0.3 is 492 Å². The van der Waals surface area contributed by atoms with Crippen LogP contribution in [0.15, 0.2) is 0 Å². The van der Waals surface area contributed by atoms with Crippen molar-refractivity contribution in [3.05, 3.63) is 0 Å². The largest absolute Gasteiger partial charge is 2.00 e. The van der Waals surface area contributed by atoms with Gasteiger partial charge in [-0.05, 0) is 0 Å². The SMILES string of the molecule is [La+3].[La+3].[La+3].[O]=[Ta](=[O])[O-].[O]=[Ta](=[O])[O-].[O]=[Ta](=[O])[O-].[O]=[Ta](=[O])[O-].[O]=[Ta](=[O])[O-].[O]=[Zr]([O-])[O-].[O]=[Zr]([O-])[O-].[O]=[Zr]([O-])[O-].[O]=[Zr]([O-])[O-].[O]=[Zr]([O-])[O-].[Pb+2].[Pb+2].[Pb+2]. The van der Waals surface area contributed by atoms with Crippen molar-refractivity contribution in [3.8, 4) is 0 Å². The Kier molecular flexibility index (Phi) is 233. The predicted octanol–water partition coefficient (Wildman–Crippen LogP) is -20.8. The quantitative estimate of drug-likeness (QED) is 0.203. The fourth-order valence-corrected chi connectivity index (χ4v) is 0. The molecule has 0 bridgehead atoms. The summed E-state index contributed by atoms with van der Waals surface area (Å²) in [6.07, 6.45) is 0. The maximum atomic E-state index is 8.62. The Balaban J connectivity index is -0.0000000153. The first-order chi connectivity index (χ1) is 17.3. The van der Waals surface area contributed by atoms with E-state index in [1.807, 2.05) is 0 Å². The maximum Gasteiger partial charge on any atom is 2.00 e. The van der Waals surface area contributed by atoms with Gasteiger partial charge in [0.1, 0.15) is 0 Å². The van der Waals surface area contributed by atoms with Gasteiger partial charge in [0, 0.05) is 0 Å². The van der Waals surface area contributed by atoms with Crippen LogP contribution >= 0.6 is 0 Å². The van der Waals surface area contributed by atoms with Crippen molar-refractivity contribution in [2.75, 3.05) is 0 Å². The fourth-order valence-electron chi connectivity index (χ4n) is 0. The summed E-state index contributed by atoms with van der Waals surface area (Å²) in [6.45, 7) is 0. The van der Waals surface area contributed by atoms with E-state index < -0.39 is 207 Å². The standard InChI is InChI=1S/3La.30O.3Pb.5Ta.5Zr/q3*+3;;;;;;;;;;;;;;;;15*-1;3*+2;;;;;;;;;;. The zero-order valence-electron chi connectivity index (χ0n) is 20.2. The Morgan fingerprint density at radius 3 is 0.261 bits per heavy atom. The summed E-state index contributed by atoms with van der Waals surface area (Å²) in [7, 11) is 0. The zero-order valence-corrected chi connectivity index (χ0v) is 71.1. The zero-order chi connectivity index (χ0) is 35.8. The van der Waals surface area contributed by atoms with Crippen LogP contribution in [0, 0.1) is 107 Å². The van der Waals surface area contributed by atoms with Crippen LogP contribution in [0.4, 0.5) is 0 Å². The molecule has 0 aromatic rings. The molecule has 0 fully saturated rings. The molecular weight excluding hydrogens is 2880 g/mol. The Bertz CT molecular complexity index is 770. The van der Waals surface area contributed by atoms with Crippen LogP contribution in [0.5, 0.6) is 0 Å². The molecule has 0 aromatic heterocycles. The van der Waals surface area contributed by atoms with Gasteiger partial charge in [0.2, 0.25) is 0 Å². The normalized spacial score (nSPS) is 5.54. The van der Waals surface area contributed by atoms with Gasteiger partial charge in [0.15, 0.2) is 0 Å². The molecule has 246 valence electrons. The van der Waals surface area contributed by atoms with E-state index in [4.69, 9.17) is 96.5 Å². The maximum absolute atomic E-state index is 8.62. The molecule has 0 N–H and O–H groups in total. The molecule has 0 saturated carbocycles. The molecule has 0 saturated heterocycles. The number of hydrogen-bond donors (Lipinski definition) is 0. The smallest absolute Gasteiger partial charge is 2.00 e. The van der Waals surface area contributed by atoms with Crippen molar-refractivity contribution >= 4 is 81.9 Å². The summed E-state index contributed by atoms with van der Waals surface area (Å²) in [5.74, 6) is 0. The third-order valence-electron chi connectivity index (χ3n) is 0.